The molecule has 0 aromatic carbocycles. The van der Waals surface area contributed by atoms with Crippen LogP contribution in [0.3, 0.4) is 0 Å². The summed E-state index contributed by atoms with van der Waals surface area (Å²) in [6.45, 7) is 4.22. The summed E-state index contributed by atoms with van der Waals surface area (Å²) < 4.78 is 52.4. The van der Waals surface area contributed by atoms with Crippen LogP contribution in [-0.2, 0) is 14.8 Å². The van der Waals surface area contributed by atoms with Gasteiger partial charge in [0.1, 0.15) is 0 Å². The maximum absolute atomic E-state index is 13.7. The molecule has 4 nitrogen and oxygen atoms in total. The molecule has 2 fully saturated rings. The Kier molecular flexibility index (Phi) is 2.96. The summed E-state index contributed by atoms with van der Waals surface area (Å²) in [5.41, 5.74) is 0. The van der Waals surface area contributed by atoms with E-state index in [1.54, 1.807) is 6.92 Å². The van der Waals surface area contributed by atoms with Gasteiger partial charge in [0.05, 0.1) is 5.25 Å². The summed E-state index contributed by atoms with van der Waals surface area (Å²) in [6.07, 6.45) is -0.531. The molecule has 1 aliphatic heterocycles. The molecule has 1 saturated carbocycles. The van der Waals surface area contributed by atoms with Crippen molar-refractivity contribution in [2.24, 2.45) is 11.8 Å². The lowest BCUT2D eigenvalue weighted by atomic mass is 9.76. The average molecular weight is 281 g/mol. The van der Waals surface area contributed by atoms with Gasteiger partial charge >= 0.3 is 0 Å². The van der Waals surface area contributed by atoms with Gasteiger partial charge in [0.2, 0.25) is 15.9 Å². The van der Waals surface area contributed by atoms with Crippen molar-refractivity contribution in [1.29, 1.82) is 0 Å². The van der Waals surface area contributed by atoms with E-state index in [4.69, 9.17) is 0 Å². The van der Waals surface area contributed by atoms with Gasteiger partial charge < -0.3 is 0 Å². The largest absolute Gasteiger partial charge is 0.274 e. The van der Waals surface area contributed by atoms with E-state index in [0.29, 0.717) is 0 Å². The molecule has 0 aromatic rings. The van der Waals surface area contributed by atoms with Gasteiger partial charge in [0, 0.05) is 25.3 Å². The topological polar surface area (TPSA) is 54.5 Å². The maximum Gasteiger partial charge on any atom is 0.252 e. The number of nitrogens with zero attached hydrogens (tertiary/aromatic N) is 1. The van der Waals surface area contributed by atoms with Gasteiger partial charge in [0.15, 0.2) is 0 Å². The predicted molar refractivity (Wildman–Crippen MR) is 61.5 cm³/mol. The van der Waals surface area contributed by atoms with Gasteiger partial charge in [-0.1, -0.05) is 6.92 Å². The number of carbonyl (C=O) groups is 1. The molecule has 1 amide bonds. The molecule has 0 spiro atoms. The summed E-state index contributed by atoms with van der Waals surface area (Å²) in [7, 11) is -3.93. The van der Waals surface area contributed by atoms with Crippen molar-refractivity contribution < 1.29 is 22.0 Å². The Hall–Kier alpha value is -0.720. The molecule has 2 rings (SSSR count). The number of amides is 1. The molecule has 104 valence electrons. The highest BCUT2D eigenvalue weighted by Crippen LogP contribution is 2.49. The van der Waals surface area contributed by atoms with Crippen LogP contribution in [-0.4, -0.2) is 35.8 Å². The van der Waals surface area contributed by atoms with Gasteiger partial charge in [-0.2, -0.15) is 0 Å². The second-order valence-corrected chi connectivity index (χ2v) is 7.43. The van der Waals surface area contributed by atoms with E-state index < -0.39 is 45.5 Å². The maximum atomic E-state index is 13.7. The van der Waals surface area contributed by atoms with Crippen LogP contribution in [0.25, 0.3) is 0 Å². The Balaban J connectivity index is 2.43. The summed E-state index contributed by atoms with van der Waals surface area (Å²) in [5, 5.41) is -1.12. The Morgan fingerprint density at radius 1 is 1.33 bits per heavy atom. The molecule has 0 aromatic heterocycles. The number of carbonyl (C=O) groups excluding carboxylic acids is 1. The molecule has 0 N–H and O–H groups in total. The zero-order chi connectivity index (χ0) is 13.9. The van der Waals surface area contributed by atoms with Crippen LogP contribution >= 0.6 is 0 Å². The lowest BCUT2D eigenvalue weighted by Crippen LogP contribution is -2.43. The van der Waals surface area contributed by atoms with Crippen molar-refractivity contribution in [3.8, 4) is 0 Å². The third kappa shape index (κ3) is 1.74. The van der Waals surface area contributed by atoms with Gasteiger partial charge in [0.25, 0.3) is 5.92 Å². The van der Waals surface area contributed by atoms with Crippen LogP contribution in [0.4, 0.5) is 8.78 Å². The molecule has 1 aliphatic carbocycles. The first-order valence-corrected chi connectivity index (χ1v) is 7.51. The van der Waals surface area contributed by atoms with Gasteiger partial charge in [-0.15, -0.1) is 0 Å². The monoisotopic (exact) mass is 281 g/mol. The fraction of sp³-hybridized carbons (Fsp3) is 0.909. The van der Waals surface area contributed by atoms with E-state index >= 15 is 0 Å². The molecule has 1 saturated heterocycles. The van der Waals surface area contributed by atoms with E-state index in [1.807, 2.05) is 0 Å². The standard InChI is InChI=1S/C11H17F2NO3S/c1-6-4-9-7(2)14(8(3)15)18(16,17)10(9)5-11(6,12)13/h6-7,9-10H,4-5H2,1-3H3/t6-,7+,9+,10+/m0/s1. The number of sulfonamides is 1. The van der Waals surface area contributed by atoms with Crippen LogP contribution in [0.1, 0.15) is 33.6 Å². The number of alkyl halides is 2. The van der Waals surface area contributed by atoms with Crippen LogP contribution in [0.15, 0.2) is 0 Å². The van der Waals surface area contributed by atoms with E-state index in [9.17, 15) is 22.0 Å². The van der Waals surface area contributed by atoms with Crippen molar-refractivity contribution >= 4 is 15.9 Å². The third-order valence-corrected chi connectivity index (χ3v) is 6.67. The lowest BCUT2D eigenvalue weighted by Gasteiger charge is -2.35. The lowest BCUT2D eigenvalue weighted by molar-refractivity contribution is -0.126. The van der Waals surface area contributed by atoms with E-state index in [-0.39, 0.29) is 12.3 Å². The van der Waals surface area contributed by atoms with E-state index in [0.717, 1.165) is 11.2 Å². The highest BCUT2D eigenvalue weighted by atomic mass is 32.2. The average Bonchev–Trinajstić information content (AvgIpc) is 2.36. The Morgan fingerprint density at radius 2 is 1.89 bits per heavy atom. The number of rotatable bonds is 0. The smallest absolute Gasteiger partial charge is 0.252 e. The molecule has 7 heteroatoms. The fourth-order valence-corrected chi connectivity index (χ4v) is 5.69. The molecule has 18 heavy (non-hydrogen) atoms. The van der Waals surface area contributed by atoms with Gasteiger partial charge in [-0.25, -0.2) is 21.5 Å². The summed E-state index contributed by atoms with van der Waals surface area (Å²) in [5.74, 6) is -4.79. The number of halogens is 2. The van der Waals surface area contributed by atoms with Crippen LogP contribution in [0.2, 0.25) is 0 Å². The molecular weight excluding hydrogens is 264 g/mol. The summed E-state index contributed by atoms with van der Waals surface area (Å²) in [6, 6.07) is -0.518. The van der Waals surface area contributed by atoms with Crippen molar-refractivity contribution in [1.82, 2.24) is 4.31 Å². The highest BCUT2D eigenvalue weighted by Gasteiger charge is 2.60. The zero-order valence-electron chi connectivity index (χ0n) is 10.6. The minimum absolute atomic E-state index is 0.141. The molecule has 0 unspecified atom stereocenters. The van der Waals surface area contributed by atoms with Crippen LogP contribution < -0.4 is 0 Å². The molecular formula is C11H17F2NO3S. The SMILES string of the molecule is CC(=O)N1[C@H](C)[C@H]2C[C@H](C)C(F)(F)C[C@H]2S1(=O)=O. The predicted octanol–water partition coefficient (Wildman–Crippen LogP) is 1.62. The van der Waals surface area contributed by atoms with Crippen molar-refractivity contribution in [3.63, 3.8) is 0 Å². The first-order valence-electron chi connectivity index (χ1n) is 6.00. The third-order valence-electron chi connectivity index (χ3n) is 4.25. The van der Waals surface area contributed by atoms with Gasteiger partial charge in [-0.3, -0.25) is 4.79 Å². The second-order valence-electron chi connectivity index (χ2n) is 5.40. The first kappa shape index (κ1) is 13.7. The zero-order valence-corrected chi connectivity index (χ0v) is 11.4. The highest BCUT2D eigenvalue weighted by molar-refractivity contribution is 7.90. The molecule has 0 radical (unpaired) electrons. The first-order chi connectivity index (χ1) is 8.09. The minimum Gasteiger partial charge on any atom is -0.274 e. The van der Waals surface area contributed by atoms with Crippen LogP contribution in [0, 0.1) is 11.8 Å². The number of hydrogen-bond donors (Lipinski definition) is 0. The van der Waals surface area contributed by atoms with Crippen molar-refractivity contribution in [2.75, 3.05) is 0 Å². The molecule has 4 atom stereocenters. The summed E-state index contributed by atoms with van der Waals surface area (Å²) >= 11 is 0. The van der Waals surface area contributed by atoms with E-state index in [2.05, 4.69) is 0 Å². The molecule has 2 aliphatic rings. The number of hydrogen-bond acceptors (Lipinski definition) is 3. The second kappa shape index (κ2) is 3.88. The van der Waals surface area contributed by atoms with Crippen molar-refractivity contribution in [2.45, 2.75) is 50.8 Å². The summed E-state index contributed by atoms with van der Waals surface area (Å²) in [4.78, 5) is 11.4. The normalized spacial score (nSPS) is 41.5. The minimum atomic E-state index is -3.93. The van der Waals surface area contributed by atoms with Crippen LogP contribution in [0.5, 0.6) is 0 Å². The van der Waals surface area contributed by atoms with Gasteiger partial charge in [-0.05, 0) is 19.3 Å². The Morgan fingerprint density at radius 3 is 2.39 bits per heavy atom. The van der Waals surface area contributed by atoms with E-state index in [1.165, 1.54) is 6.92 Å². The molecule has 1 heterocycles. The molecule has 0 bridgehead atoms. The van der Waals surface area contributed by atoms with Crippen molar-refractivity contribution in [3.05, 3.63) is 0 Å². The number of fused-ring (bicyclic) bond motifs is 1. The fourth-order valence-electron chi connectivity index (χ4n) is 3.20. The quantitative estimate of drug-likeness (QED) is 0.678. The Labute approximate surface area is 105 Å². The Bertz CT molecular complexity index is 477.